The molecule has 4 amide bonds. The number of benzene rings is 2. The summed E-state index contributed by atoms with van der Waals surface area (Å²) in [5.74, 6) is -2.60. The Labute approximate surface area is 381 Å². The number of carbonyl (C=O) groups is 5. The predicted molar refractivity (Wildman–Crippen MR) is 247 cm³/mol. The first-order valence-electron chi connectivity index (χ1n) is 22.9. The molecule has 5 atom stereocenters. The van der Waals surface area contributed by atoms with Gasteiger partial charge in [0.05, 0.1) is 24.3 Å². The largest absolute Gasteiger partial charge is 0.508 e. The predicted octanol–water partition coefficient (Wildman–Crippen LogP) is 5.80. The number of cyclic esters (lactones) is 1. The lowest BCUT2D eigenvalue weighted by Crippen LogP contribution is -2.62. The number of aromatic hydroxyl groups is 1. The maximum atomic E-state index is 14.7. The number of nitrogens with one attached hydrogen (secondary N) is 2. The van der Waals surface area contributed by atoms with Crippen LogP contribution >= 0.6 is 0 Å². The number of hydrazine groups is 1. The van der Waals surface area contributed by atoms with Gasteiger partial charge in [0.15, 0.2) is 0 Å². The Hall–Kier alpha value is -5.80. The van der Waals surface area contributed by atoms with Crippen LogP contribution in [0.25, 0.3) is 33.3 Å². The standard InChI is InChI=1S/C50H65N7O8/c1-10-56-43-14-13-33-24-38(43)39(45(56)40-26-51-17-15-37(40)30(4)64-9)25-50(6,7)28-65-49(63)41-12-11-18-57(53-41)48(62)42(22-32-20-35(33)23-36(59)21-32)52-46(60)44(29(2)3)54(8)47(61)34-16-19-55(27-34)31(5)58/h13-15,17,20-21,23-24,26,29-30,34,41-42,44,53,59H,10-12,16,18-19,22,25,27-28H2,1-9H3,(H,52,60)/t30-,34-,41-,42-,44-/m0/s1. The highest BCUT2D eigenvalue weighted by molar-refractivity contribution is 5.96. The number of methoxy groups -OCH3 is 1. The number of rotatable bonds is 9. The number of pyridine rings is 1. The lowest BCUT2D eigenvalue weighted by molar-refractivity contribution is -0.155. The number of phenols is 1. The molecule has 6 bridgehead atoms. The number of hydrogen-bond donors (Lipinski definition) is 3. The van der Waals surface area contributed by atoms with E-state index in [4.69, 9.17) is 9.47 Å². The van der Waals surface area contributed by atoms with Gasteiger partial charge in [-0.1, -0.05) is 39.8 Å². The molecule has 3 aliphatic rings. The number of hydrogen-bond acceptors (Lipinski definition) is 10. The molecule has 2 fully saturated rings. The van der Waals surface area contributed by atoms with Crippen LogP contribution in [0.1, 0.15) is 90.5 Å². The van der Waals surface area contributed by atoms with E-state index in [-0.39, 0.29) is 55.7 Å². The van der Waals surface area contributed by atoms with Gasteiger partial charge in [-0.3, -0.25) is 34.0 Å². The highest BCUT2D eigenvalue weighted by Crippen LogP contribution is 2.42. The molecule has 0 unspecified atom stereocenters. The Morgan fingerprint density at radius 2 is 1.83 bits per heavy atom. The van der Waals surface area contributed by atoms with E-state index in [0.717, 1.165) is 44.4 Å². The molecule has 5 heterocycles. The van der Waals surface area contributed by atoms with E-state index in [1.807, 2.05) is 45.2 Å². The highest BCUT2D eigenvalue weighted by atomic mass is 16.5. The molecule has 348 valence electrons. The maximum Gasteiger partial charge on any atom is 0.324 e. The molecule has 2 saturated heterocycles. The SMILES string of the molecule is CCn1c(-c2cnccc2[C@H](C)OC)c2c3cc(ccc31)-c1cc(O)cc(c1)C[C@H](NC(=O)[C@H](C(C)C)N(C)C(=O)[C@H]1CCN(C(C)=O)C1)C(=O)N1CCC[C@H](N1)C(=O)OCC(C)(C)C2. The lowest BCUT2D eigenvalue weighted by atomic mass is 9.84. The van der Waals surface area contributed by atoms with Gasteiger partial charge < -0.3 is 34.3 Å². The number of nitrogens with zero attached hydrogens (tertiary/aromatic N) is 5. The second-order valence-electron chi connectivity index (χ2n) is 19.1. The summed E-state index contributed by atoms with van der Waals surface area (Å²) < 4.78 is 14.2. The Kier molecular flexibility index (Phi) is 14.0. The highest BCUT2D eigenvalue weighted by Gasteiger charge is 2.40. The Morgan fingerprint density at radius 1 is 1.06 bits per heavy atom. The van der Waals surface area contributed by atoms with Crippen molar-refractivity contribution in [2.24, 2.45) is 17.3 Å². The van der Waals surface area contributed by atoms with Gasteiger partial charge in [0.2, 0.25) is 17.7 Å². The molecule has 15 heteroatoms. The zero-order valence-electron chi connectivity index (χ0n) is 39.3. The van der Waals surface area contributed by atoms with Crippen LogP contribution < -0.4 is 10.7 Å². The smallest absolute Gasteiger partial charge is 0.324 e. The lowest BCUT2D eigenvalue weighted by Gasteiger charge is -2.37. The van der Waals surface area contributed by atoms with Gasteiger partial charge in [-0.15, -0.1) is 0 Å². The van der Waals surface area contributed by atoms with Crippen molar-refractivity contribution in [3.8, 4) is 28.1 Å². The molecule has 0 radical (unpaired) electrons. The molecule has 0 aliphatic carbocycles. The molecule has 2 aromatic carbocycles. The van der Waals surface area contributed by atoms with Gasteiger partial charge >= 0.3 is 5.97 Å². The van der Waals surface area contributed by atoms with E-state index in [9.17, 15) is 29.1 Å². The number of carbonyl (C=O) groups excluding carboxylic acids is 5. The van der Waals surface area contributed by atoms with Crippen molar-refractivity contribution in [1.29, 1.82) is 0 Å². The summed E-state index contributed by atoms with van der Waals surface area (Å²) >= 11 is 0. The fourth-order valence-corrected chi connectivity index (χ4v) is 9.95. The molecule has 15 nitrogen and oxygen atoms in total. The molecular formula is C50H65N7O8. The monoisotopic (exact) mass is 891 g/mol. The van der Waals surface area contributed by atoms with Crippen molar-refractivity contribution in [3.63, 3.8) is 0 Å². The topological polar surface area (TPSA) is 176 Å². The molecule has 0 saturated carbocycles. The van der Waals surface area contributed by atoms with Crippen LogP contribution in [-0.2, 0) is 52.8 Å². The first-order valence-corrected chi connectivity index (χ1v) is 22.9. The van der Waals surface area contributed by atoms with Gasteiger partial charge in [0.25, 0.3) is 5.91 Å². The first-order chi connectivity index (χ1) is 30.9. The fraction of sp³-hybridized carbons (Fsp3) is 0.520. The van der Waals surface area contributed by atoms with Gasteiger partial charge in [-0.05, 0) is 104 Å². The number of ether oxygens (including phenoxy) is 2. The van der Waals surface area contributed by atoms with Crippen LogP contribution in [-0.4, -0.2) is 118 Å². The summed E-state index contributed by atoms with van der Waals surface area (Å²) in [5, 5.41) is 16.7. The number of aromatic nitrogens is 2. The van der Waals surface area contributed by atoms with Crippen LogP contribution in [0.15, 0.2) is 54.9 Å². The van der Waals surface area contributed by atoms with Crippen molar-refractivity contribution < 1.29 is 38.6 Å². The average Bonchev–Trinajstić information content (AvgIpc) is 3.90. The normalized spacial score (nSPS) is 21.2. The van der Waals surface area contributed by atoms with E-state index in [2.05, 4.69) is 53.2 Å². The molecule has 3 aliphatic heterocycles. The molecule has 7 rings (SSSR count). The van der Waals surface area contributed by atoms with Crippen molar-refractivity contribution in [2.75, 3.05) is 40.4 Å². The van der Waals surface area contributed by atoms with Crippen LogP contribution in [0.3, 0.4) is 0 Å². The maximum absolute atomic E-state index is 14.7. The molecule has 3 N–H and O–H groups in total. The number of likely N-dealkylation sites (tertiary alicyclic amines) is 1. The Morgan fingerprint density at radius 3 is 2.52 bits per heavy atom. The Bertz CT molecular complexity index is 2460. The van der Waals surface area contributed by atoms with E-state index in [1.54, 1.807) is 37.4 Å². The minimum atomic E-state index is -1.15. The summed E-state index contributed by atoms with van der Waals surface area (Å²) in [4.78, 5) is 76.6. The molecule has 0 spiro atoms. The minimum absolute atomic E-state index is 0.00253. The van der Waals surface area contributed by atoms with E-state index < -0.39 is 47.2 Å². The zero-order valence-corrected chi connectivity index (χ0v) is 39.3. The van der Waals surface area contributed by atoms with Crippen molar-refractivity contribution in [2.45, 2.75) is 111 Å². The number of phenolic OH excluding ortho intramolecular Hbond substituents is 1. The van der Waals surface area contributed by atoms with Crippen LogP contribution in [0, 0.1) is 17.3 Å². The summed E-state index contributed by atoms with van der Waals surface area (Å²) in [5.41, 5.74) is 9.75. The fourth-order valence-electron chi connectivity index (χ4n) is 9.95. The van der Waals surface area contributed by atoms with Crippen LogP contribution in [0.4, 0.5) is 0 Å². The van der Waals surface area contributed by atoms with Gasteiger partial charge in [-0.25, -0.2) is 5.43 Å². The number of likely N-dealkylation sites (N-methyl/N-ethyl adjacent to an activating group) is 1. The number of aryl methyl sites for hydroxylation is 1. The van der Waals surface area contributed by atoms with Crippen molar-refractivity contribution in [1.82, 2.24) is 35.1 Å². The summed E-state index contributed by atoms with van der Waals surface area (Å²) in [6, 6.07) is 10.5. The Balaban J connectivity index is 1.32. The van der Waals surface area contributed by atoms with Gasteiger partial charge in [0, 0.05) is 88.0 Å². The van der Waals surface area contributed by atoms with E-state index in [0.29, 0.717) is 44.3 Å². The van der Waals surface area contributed by atoms with E-state index in [1.165, 1.54) is 16.8 Å². The third kappa shape index (κ3) is 9.91. The van der Waals surface area contributed by atoms with Crippen LogP contribution in [0.2, 0.25) is 0 Å². The van der Waals surface area contributed by atoms with Gasteiger partial charge in [-0.2, -0.15) is 0 Å². The van der Waals surface area contributed by atoms with Crippen molar-refractivity contribution >= 4 is 40.5 Å². The molecule has 4 aromatic rings. The minimum Gasteiger partial charge on any atom is -0.508 e. The summed E-state index contributed by atoms with van der Waals surface area (Å²) in [6.45, 7) is 15.3. The van der Waals surface area contributed by atoms with Crippen LogP contribution in [0.5, 0.6) is 5.75 Å². The summed E-state index contributed by atoms with van der Waals surface area (Å²) in [6.07, 6.45) is 5.44. The third-order valence-electron chi connectivity index (χ3n) is 13.4. The zero-order chi connectivity index (χ0) is 46.9. The quantitative estimate of drug-likeness (QED) is 0.174. The number of esters is 1. The second-order valence-corrected chi connectivity index (χ2v) is 19.1. The molecule has 65 heavy (non-hydrogen) atoms. The van der Waals surface area contributed by atoms with Gasteiger partial charge in [0.1, 0.15) is 23.9 Å². The van der Waals surface area contributed by atoms with Crippen molar-refractivity contribution in [3.05, 3.63) is 71.5 Å². The summed E-state index contributed by atoms with van der Waals surface area (Å²) in [7, 11) is 3.28. The number of amides is 4. The number of fused-ring (bicyclic) bond motifs is 6. The molecular weight excluding hydrogens is 827 g/mol. The second kappa shape index (κ2) is 19.4. The third-order valence-corrected chi connectivity index (χ3v) is 13.4. The average molecular weight is 892 g/mol. The molecule has 2 aromatic heterocycles. The first kappa shape index (κ1) is 47.2. The van der Waals surface area contributed by atoms with E-state index >= 15 is 0 Å².